The maximum atomic E-state index is 13.2. The lowest BCUT2D eigenvalue weighted by Gasteiger charge is -2.13. The van der Waals surface area contributed by atoms with Crippen molar-refractivity contribution in [2.45, 2.75) is 26.7 Å². The van der Waals surface area contributed by atoms with Gasteiger partial charge in [0.1, 0.15) is 17.2 Å². The van der Waals surface area contributed by atoms with E-state index in [9.17, 15) is 4.79 Å². The van der Waals surface area contributed by atoms with E-state index in [1.165, 1.54) is 0 Å². The van der Waals surface area contributed by atoms with Crippen LogP contribution in [-0.2, 0) is 12.8 Å². The minimum atomic E-state index is -0.110. The Kier molecular flexibility index (Phi) is 4.79. The standard InChI is InChI=1S/C26H23N3O2/c1-17-7-6-10-20(13-17)24-16-29-25(22(27-24)14-19-8-4-3-5-9-19)28-23(26(29)30)15-21-12-11-18(2)31-21/h3-13,16,27H,14-15H2,1-2H3. The molecule has 0 fully saturated rings. The number of nitrogens with one attached hydrogen (secondary N) is 1. The topological polar surface area (TPSA) is 63.8 Å². The second-order valence-corrected chi connectivity index (χ2v) is 7.92. The van der Waals surface area contributed by atoms with Crippen LogP contribution in [0, 0.1) is 13.8 Å². The number of fused-ring (bicyclic) bond motifs is 1. The molecule has 5 nitrogen and oxygen atoms in total. The summed E-state index contributed by atoms with van der Waals surface area (Å²) in [7, 11) is 0. The minimum absolute atomic E-state index is 0.110. The van der Waals surface area contributed by atoms with Crippen molar-refractivity contribution < 1.29 is 4.42 Å². The summed E-state index contributed by atoms with van der Waals surface area (Å²) in [6, 6.07) is 22.2. The Morgan fingerprint density at radius 2 is 1.81 bits per heavy atom. The summed E-state index contributed by atoms with van der Waals surface area (Å²) < 4.78 is 7.34. The third-order valence-electron chi connectivity index (χ3n) is 5.44. The Balaban J connectivity index is 1.66. The van der Waals surface area contributed by atoms with Crippen LogP contribution >= 0.6 is 0 Å². The zero-order chi connectivity index (χ0) is 21.4. The maximum absolute atomic E-state index is 13.2. The summed E-state index contributed by atoms with van der Waals surface area (Å²) >= 11 is 0. The number of aryl methyl sites for hydroxylation is 2. The number of benzene rings is 2. The second kappa shape index (κ2) is 7.76. The third-order valence-corrected chi connectivity index (χ3v) is 5.44. The van der Waals surface area contributed by atoms with Crippen LogP contribution in [0.5, 0.6) is 0 Å². The summed E-state index contributed by atoms with van der Waals surface area (Å²) in [4.78, 5) is 21.5. The number of hydrogen-bond acceptors (Lipinski definition) is 3. The number of hydrogen-bond donors (Lipinski definition) is 1. The monoisotopic (exact) mass is 409 g/mol. The minimum Gasteiger partial charge on any atom is -0.466 e. The summed E-state index contributed by atoms with van der Waals surface area (Å²) in [6.07, 6.45) is 2.88. The fourth-order valence-electron chi connectivity index (χ4n) is 3.92. The second-order valence-electron chi connectivity index (χ2n) is 7.92. The highest BCUT2D eigenvalue weighted by molar-refractivity contribution is 5.61. The van der Waals surface area contributed by atoms with Crippen molar-refractivity contribution in [1.29, 1.82) is 0 Å². The maximum Gasteiger partial charge on any atom is 0.278 e. The molecule has 5 heteroatoms. The summed E-state index contributed by atoms with van der Waals surface area (Å²) in [5.41, 5.74) is 5.52. The summed E-state index contributed by atoms with van der Waals surface area (Å²) in [5.74, 6) is 2.22. The molecule has 0 saturated carbocycles. The quantitative estimate of drug-likeness (QED) is 0.441. The molecule has 0 unspecified atom stereocenters. The Hall–Kier alpha value is -3.86. The molecule has 31 heavy (non-hydrogen) atoms. The molecular weight excluding hydrogens is 386 g/mol. The van der Waals surface area contributed by atoms with E-state index in [0.29, 0.717) is 24.4 Å². The van der Waals surface area contributed by atoms with Gasteiger partial charge < -0.3 is 9.40 Å². The molecule has 0 spiro atoms. The first-order chi connectivity index (χ1) is 15.1. The van der Waals surface area contributed by atoms with E-state index in [2.05, 4.69) is 36.2 Å². The molecule has 3 heterocycles. The Labute approximate surface area is 180 Å². The van der Waals surface area contributed by atoms with Crippen molar-refractivity contribution in [1.82, 2.24) is 14.5 Å². The van der Waals surface area contributed by atoms with E-state index >= 15 is 0 Å². The zero-order valence-electron chi connectivity index (χ0n) is 17.6. The first-order valence-corrected chi connectivity index (χ1v) is 10.4. The molecule has 2 aromatic carbocycles. The van der Waals surface area contributed by atoms with E-state index in [1.54, 1.807) is 4.57 Å². The van der Waals surface area contributed by atoms with Crippen molar-refractivity contribution >= 4 is 0 Å². The predicted molar refractivity (Wildman–Crippen MR) is 121 cm³/mol. The fourth-order valence-corrected chi connectivity index (χ4v) is 3.92. The summed E-state index contributed by atoms with van der Waals surface area (Å²) in [5, 5.41) is 0. The van der Waals surface area contributed by atoms with Crippen molar-refractivity contribution in [3.63, 3.8) is 0 Å². The van der Waals surface area contributed by atoms with Crippen LogP contribution in [0.1, 0.15) is 34.0 Å². The molecule has 0 bridgehead atoms. The van der Waals surface area contributed by atoms with Crippen molar-refractivity contribution in [2.75, 3.05) is 0 Å². The molecule has 154 valence electrons. The first-order valence-electron chi connectivity index (χ1n) is 10.4. The molecule has 0 aliphatic carbocycles. The normalized spacial score (nSPS) is 11.3. The lowest BCUT2D eigenvalue weighted by Crippen LogP contribution is -2.17. The van der Waals surface area contributed by atoms with Gasteiger partial charge in [0.15, 0.2) is 5.82 Å². The van der Waals surface area contributed by atoms with Gasteiger partial charge in [0.05, 0.1) is 17.8 Å². The number of imidazole rings is 1. The first kappa shape index (κ1) is 19.1. The number of aromatic amines is 1. The number of aromatic nitrogens is 3. The average molecular weight is 409 g/mol. The van der Waals surface area contributed by atoms with Gasteiger partial charge in [-0.3, -0.25) is 9.36 Å². The van der Waals surface area contributed by atoms with E-state index in [1.807, 2.05) is 55.6 Å². The molecule has 0 saturated heterocycles. The highest BCUT2D eigenvalue weighted by Crippen LogP contribution is 2.24. The fraction of sp³-hybridized carbons (Fsp3) is 0.154. The van der Waals surface area contributed by atoms with Gasteiger partial charge in [-0.25, -0.2) is 4.98 Å². The largest absolute Gasteiger partial charge is 0.466 e. The van der Waals surface area contributed by atoms with Gasteiger partial charge in [0.25, 0.3) is 5.56 Å². The van der Waals surface area contributed by atoms with Crippen molar-refractivity contribution in [3.8, 4) is 17.1 Å². The molecule has 2 aliphatic rings. The Bertz CT molecular complexity index is 1380. The van der Waals surface area contributed by atoms with Crippen LogP contribution in [0.3, 0.4) is 0 Å². The van der Waals surface area contributed by atoms with E-state index in [-0.39, 0.29) is 5.56 Å². The molecule has 1 aromatic heterocycles. The van der Waals surface area contributed by atoms with Crippen LogP contribution in [0.25, 0.3) is 17.1 Å². The number of nitrogens with zero attached hydrogens (tertiary/aromatic N) is 2. The lowest BCUT2D eigenvalue weighted by atomic mass is 10.1. The Morgan fingerprint density at radius 3 is 2.55 bits per heavy atom. The van der Waals surface area contributed by atoms with Crippen molar-refractivity contribution in [2.24, 2.45) is 0 Å². The molecular formula is C26H23N3O2. The van der Waals surface area contributed by atoms with Gasteiger partial charge in [0, 0.05) is 12.6 Å². The highest BCUT2D eigenvalue weighted by atomic mass is 16.3. The molecule has 0 atom stereocenters. The molecule has 2 aliphatic heterocycles. The van der Waals surface area contributed by atoms with E-state index < -0.39 is 0 Å². The lowest BCUT2D eigenvalue weighted by molar-refractivity contribution is 0.491. The summed E-state index contributed by atoms with van der Waals surface area (Å²) in [6.45, 7) is 3.96. The van der Waals surface area contributed by atoms with Gasteiger partial charge in [-0.05, 0) is 43.2 Å². The molecule has 0 amide bonds. The molecule has 3 aromatic rings. The predicted octanol–water partition coefficient (Wildman–Crippen LogP) is 5.06. The third kappa shape index (κ3) is 3.82. The van der Waals surface area contributed by atoms with Crippen molar-refractivity contribution in [3.05, 3.63) is 117 Å². The molecule has 0 radical (unpaired) electrons. The van der Waals surface area contributed by atoms with Gasteiger partial charge in [-0.2, -0.15) is 0 Å². The van der Waals surface area contributed by atoms with Gasteiger partial charge in [-0.1, -0.05) is 54.1 Å². The van der Waals surface area contributed by atoms with Crippen LogP contribution in [0.15, 0.2) is 82.1 Å². The smallest absolute Gasteiger partial charge is 0.278 e. The zero-order valence-corrected chi connectivity index (χ0v) is 17.6. The van der Waals surface area contributed by atoms with Crippen LogP contribution in [0.2, 0.25) is 0 Å². The highest BCUT2D eigenvalue weighted by Gasteiger charge is 2.21. The molecule has 5 rings (SSSR count). The number of rotatable bonds is 5. The van der Waals surface area contributed by atoms with Crippen LogP contribution in [-0.4, -0.2) is 14.5 Å². The van der Waals surface area contributed by atoms with E-state index in [0.717, 1.165) is 39.6 Å². The van der Waals surface area contributed by atoms with Gasteiger partial charge >= 0.3 is 0 Å². The molecule has 1 N–H and O–H groups in total. The van der Waals surface area contributed by atoms with E-state index in [4.69, 9.17) is 9.40 Å². The van der Waals surface area contributed by atoms with Crippen LogP contribution < -0.4 is 5.56 Å². The Morgan fingerprint density at radius 1 is 0.968 bits per heavy atom. The number of H-pyrrole nitrogens is 1. The van der Waals surface area contributed by atoms with Gasteiger partial charge in [0.2, 0.25) is 0 Å². The SMILES string of the molecule is Cc1cccc(-c2cn3c(=O)c(Cc4ccc(C)o4)nc-3c(Cc3ccccc3)[nH]2)c1. The van der Waals surface area contributed by atoms with Crippen LogP contribution in [0.4, 0.5) is 0 Å². The average Bonchev–Trinajstić information content (AvgIpc) is 3.32. The number of furan rings is 1. The van der Waals surface area contributed by atoms with Gasteiger partial charge in [-0.15, -0.1) is 0 Å².